The Hall–Kier alpha value is -0.120. The van der Waals surface area contributed by atoms with E-state index in [2.05, 4.69) is 0 Å². The van der Waals surface area contributed by atoms with Crippen molar-refractivity contribution < 1.29 is 14.6 Å². The van der Waals surface area contributed by atoms with Crippen LogP contribution in [0.2, 0.25) is 0 Å². The Labute approximate surface area is 72.7 Å². The van der Waals surface area contributed by atoms with Gasteiger partial charge in [0.1, 0.15) is 6.10 Å². The molecule has 0 spiro atoms. The van der Waals surface area contributed by atoms with Crippen LogP contribution in [0.3, 0.4) is 0 Å². The topological polar surface area (TPSA) is 38.7 Å². The first-order chi connectivity index (χ1) is 5.86. The molecule has 1 heterocycles. The Morgan fingerprint density at radius 1 is 1.33 bits per heavy atom. The van der Waals surface area contributed by atoms with Gasteiger partial charge in [-0.2, -0.15) is 0 Å². The summed E-state index contributed by atoms with van der Waals surface area (Å²) < 4.78 is 10.8. The largest absolute Gasteiger partial charge is 0.390 e. The molecule has 2 atom stereocenters. The van der Waals surface area contributed by atoms with Gasteiger partial charge in [-0.25, -0.2) is 0 Å². The lowest BCUT2D eigenvalue weighted by Gasteiger charge is -2.27. The standard InChI is InChI=1S/C9H16O3/c10-8-3-4-11-6-9(8)12-5-7-1-2-7/h7-10H,1-6H2/t8-,9-/m1/s1. The molecule has 2 rings (SSSR count). The second-order valence-electron chi connectivity index (χ2n) is 3.75. The van der Waals surface area contributed by atoms with Crippen molar-refractivity contribution in [2.45, 2.75) is 31.5 Å². The van der Waals surface area contributed by atoms with Gasteiger partial charge in [-0.05, 0) is 25.2 Å². The monoisotopic (exact) mass is 172 g/mol. The molecule has 0 aromatic rings. The number of aliphatic hydroxyl groups is 1. The summed E-state index contributed by atoms with van der Waals surface area (Å²) in [7, 11) is 0. The maximum atomic E-state index is 9.50. The van der Waals surface area contributed by atoms with Crippen LogP contribution in [0.25, 0.3) is 0 Å². The van der Waals surface area contributed by atoms with Crippen LogP contribution in [0.15, 0.2) is 0 Å². The van der Waals surface area contributed by atoms with E-state index in [1.807, 2.05) is 0 Å². The van der Waals surface area contributed by atoms with Crippen LogP contribution < -0.4 is 0 Å². The van der Waals surface area contributed by atoms with E-state index in [4.69, 9.17) is 9.47 Å². The average molecular weight is 172 g/mol. The van der Waals surface area contributed by atoms with Crippen molar-refractivity contribution >= 4 is 0 Å². The smallest absolute Gasteiger partial charge is 0.107 e. The molecule has 2 fully saturated rings. The summed E-state index contributed by atoms with van der Waals surface area (Å²) in [6, 6.07) is 0. The van der Waals surface area contributed by atoms with Crippen LogP contribution in [0.5, 0.6) is 0 Å². The maximum absolute atomic E-state index is 9.50. The molecule has 0 aromatic carbocycles. The Kier molecular flexibility index (Phi) is 2.63. The van der Waals surface area contributed by atoms with Crippen molar-refractivity contribution in [1.82, 2.24) is 0 Å². The Morgan fingerprint density at radius 3 is 2.83 bits per heavy atom. The van der Waals surface area contributed by atoms with E-state index in [1.165, 1.54) is 12.8 Å². The minimum Gasteiger partial charge on any atom is -0.390 e. The lowest BCUT2D eigenvalue weighted by atomic mass is 10.1. The van der Waals surface area contributed by atoms with Crippen molar-refractivity contribution in [3.05, 3.63) is 0 Å². The van der Waals surface area contributed by atoms with E-state index >= 15 is 0 Å². The van der Waals surface area contributed by atoms with Crippen LogP contribution >= 0.6 is 0 Å². The summed E-state index contributed by atoms with van der Waals surface area (Å²) in [6.45, 7) is 2.05. The number of hydrogen-bond acceptors (Lipinski definition) is 3. The molecule has 0 aromatic heterocycles. The lowest BCUT2D eigenvalue weighted by Crippen LogP contribution is -2.39. The van der Waals surface area contributed by atoms with Gasteiger partial charge in [0.05, 0.1) is 19.3 Å². The molecule has 3 heteroatoms. The molecule has 0 amide bonds. The van der Waals surface area contributed by atoms with Crippen LogP contribution in [0.4, 0.5) is 0 Å². The van der Waals surface area contributed by atoms with E-state index in [9.17, 15) is 5.11 Å². The zero-order valence-electron chi connectivity index (χ0n) is 7.24. The molecule has 1 N–H and O–H groups in total. The third-order valence-corrected chi connectivity index (χ3v) is 2.51. The predicted molar refractivity (Wildman–Crippen MR) is 43.9 cm³/mol. The summed E-state index contributed by atoms with van der Waals surface area (Å²) in [5, 5.41) is 9.50. The molecule has 3 nitrogen and oxygen atoms in total. The van der Waals surface area contributed by atoms with Gasteiger partial charge in [0.25, 0.3) is 0 Å². The second-order valence-corrected chi connectivity index (χ2v) is 3.75. The Morgan fingerprint density at radius 2 is 2.17 bits per heavy atom. The van der Waals surface area contributed by atoms with Gasteiger partial charge < -0.3 is 14.6 Å². The van der Waals surface area contributed by atoms with Gasteiger partial charge in [-0.3, -0.25) is 0 Å². The summed E-state index contributed by atoms with van der Waals surface area (Å²) in [6.07, 6.45) is 2.93. The minimum absolute atomic E-state index is 0.0700. The summed E-state index contributed by atoms with van der Waals surface area (Å²) >= 11 is 0. The molecule has 0 bridgehead atoms. The molecule has 1 saturated carbocycles. The van der Waals surface area contributed by atoms with E-state index in [0.29, 0.717) is 13.2 Å². The SMILES string of the molecule is O[C@@H]1CCOC[C@H]1OCC1CC1. The maximum Gasteiger partial charge on any atom is 0.107 e. The quantitative estimate of drug-likeness (QED) is 0.676. The number of ether oxygens (including phenoxy) is 2. The van der Waals surface area contributed by atoms with E-state index in [1.54, 1.807) is 0 Å². The van der Waals surface area contributed by atoms with Crippen molar-refractivity contribution in [2.75, 3.05) is 19.8 Å². The molecule has 0 radical (unpaired) electrons. The molecular formula is C9H16O3. The molecule has 70 valence electrons. The number of hydrogen-bond donors (Lipinski definition) is 1. The Balaban J connectivity index is 1.68. The summed E-state index contributed by atoms with van der Waals surface area (Å²) in [4.78, 5) is 0. The minimum atomic E-state index is -0.308. The first kappa shape index (κ1) is 8.48. The van der Waals surface area contributed by atoms with E-state index in [0.717, 1.165) is 18.9 Å². The predicted octanol–water partition coefficient (Wildman–Crippen LogP) is 0.563. The second kappa shape index (κ2) is 3.73. The van der Waals surface area contributed by atoms with Gasteiger partial charge in [0, 0.05) is 6.61 Å². The third-order valence-electron chi connectivity index (χ3n) is 2.51. The molecule has 12 heavy (non-hydrogen) atoms. The first-order valence-corrected chi connectivity index (χ1v) is 4.73. The van der Waals surface area contributed by atoms with Crippen LogP contribution in [0.1, 0.15) is 19.3 Å². The highest BCUT2D eigenvalue weighted by Gasteiger charge is 2.28. The fourth-order valence-electron chi connectivity index (χ4n) is 1.40. The first-order valence-electron chi connectivity index (χ1n) is 4.73. The average Bonchev–Trinajstić information content (AvgIpc) is 2.86. The molecule has 1 aliphatic carbocycles. The van der Waals surface area contributed by atoms with Gasteiger partial charge >= 0.3 is 0 Å². The van der Waals surface area contributed by atoms with Gasteiger partial charge in [-0.15, -0.1) is 0 Å². The zero-order chi connectivity index (χ0) is 8.39. The van der Waals surface area contributed by atoms with Gasteiger partial charge in [-0.1, -0.05) is 0 Å². The molecular weight excluding hydrogens is 156 g/mol. The van der Waals surface area contributed by atoms with Crippen molar-refractivity contribution in [1.29, 1.82) is 0 Å². The van der Waals surface area contributed by atoms with E-state index < -0.39 is 0 Å². The molecule has 1 aliphatic heterocycles. The van der Waals surface area contributed by atoms with Gasteiger partial charge in [0.2, 0.25) is 0 Å². The van der Waals surface area contributed by atoms with E-state index in [-0.39, 0.29) is 12.2 Å². The highest BCUT2D eigenvalue weighted by atomic mass is 16.5. The van der Waals surface area contributed by atoms with Crippen molar-refractivity contribution in [3.8, 4) is 0 Å². The third kappa shape index (κ3) is 2.19. The fourth-order valence-corrected chi connectivity index (χ4v) is 1.40. The molecule has 1 saturated heterocycles. The van der Waals surface area contributed by atoms with Crippen LogP contribution in [0, 0.1) is 5.92 Å². The van der Waals surface area contributed by atoms with Crippen molar-refractivity contribution in [3.63, 3.8) is 0 Å². The van der Waals surface area contributed by atoms with Crippen LogP contribution in [-0.2, 0) is 9.47 Å². The van der Waals surface area contributed by atoms with Crippen LogP contribution in [-0.4, -0.2) is 37.1 Å². The number of aliphatic hydroxyl groups excluding tert-OH is 1. The van der Waals surface area contributed by atoms with Gasteiger partial charge in [0.15, 0.2) is 0 Å². The highest BCUT2D eigenvalue weighted by molar-refractivity contribution is 4.76. The normalized spacial score (nSPS) is 36.8. The highest BCUT2D eigenvalue weighted by Crippen LogP contribution is 2.29. The summed E-state index contributed by atoms with van der Waals surface area (Å²) in [5.41, 5.74) is 0. The summed E-state index contributed by atoms with van der Waals surface area (Å²) in [5.74, 6) is 0.763. The zero-order valence-corrected chi connectivity index (χ0v) is 7.24. The lowest BCUT2D eigenvalue weighted by molar-refractivity contribution is -0.119. The Bertz CT molecular complexity index is 145. The molecule has 2 aliphatic rings. The van der Waals surface area contributed by atoms with Crippen molar-refractivity contribution in [2.24, 2.45) is 5.92 Å². The molecule has 0 unspecified atom stereocenters. The number of rotatable bonds is 3. The fraction of sp³-hybridized carbons (Fsp3) is 1.00.